The number of nitro groups is 1. The number of nitrogens with zero attached hydrogens (tertiary/aromatic N) is 1. The molecule has 1 aromatic carbocycles. The van der Waals surface area contributed by atoms with E-state index < -0.39 is 0 Å². The second kappa shape index (κ2) is 3.95. The number of allylic oxidation sites excluding steroid dienone is 2. The van der Waals surface area contributed by atoms with Crippen molar-refractivity contribution in [3.05, 3.63) is 43.9 Å². The van der Waals surface area contributed by atoms with Crippen molar-refractivity contribution in [2.75, 3.05) is 0 Å². The zero-order chi connectivity index (χ0) is 12.8. The van der Waals surface area contributed by atoms with E-state index >= 15 is 0 Å². The molecule has 0 aliphatic heterocycles. The van der Waals surface area contributed by atoms with Gasteiger partial charge in [-0.25, -0.2) is 0 Å². The molecule has 90 valence electrons. The summed E-state index contributed by atoms with van der Waals surface area (Å²) in [5.74, 6) is 0. The number of benzene rings is 1. The predicted octanol–water partition coefficient (Wildman–Crippen LogP) is 4.34. The molecule has 3 nitrogen and oxygen atoms in total. The Balaban J connectivity index is 2.64. The van der Waals surface area contributed by atoms with Gasteiger partial charge in [-0.15, -0.1) is 0 Å². The summed E-state index contributed by atoms with van der Waals surface area (Å²) in [6.07, 6.45) is 2.96. The Morgan fingerprint density at radius 1 is 1.47 bits per heavy atom. The van der Waals surface area contributed by atoms with E-state index in [2.05, 4.69) is 35.9 Å². The molecule has 1 aromatic rings. The van der Waals surface area contributed by atoms with E-state index in [0.717, 1.165) is 17.5 Å². The summed E-state index contributed by atoms with van der Waals surface area (Å²) < 4.78 is 0.554. The molecule has 0 heterocycles. The highest BCUT2D eigenvalue weighted by Gasteiger charge is 2.34. The van der Waals surface area contributed by atoms with Gasteiger partial charge in [-0.1, -0.05) is 19.9 Å². The summed E-state index contributed by atoms with van der Waals surface area (Å²) in [6.45, 7) is 6.35. The van der Waals surface area contributed by atoms with Crippen molar-refractivity contribution in [1.29, 1.82) is 0 Å². The molecule has 0 saturated carbocycles. The highest BCUT2D eigenvalue weighted by Crippen LogP contribution is 2.48. The molecule has 4 heteroatoms. The van der Waals surface area contributed by atoms with Crippen molar-refractivity contribution in [3.8, 4) is 0 Å². The summed E-state index contributed by atoms with van der Waals surface area (Å²) in [7, 11) is 0. The summed E-state index contributed by atoms with van der Waals surface area (Å²) in [6, 6.07) is 3.56. The van der Waals surface area contributed by atoms with Crippen LogP contribution in [0.5, 0.6) is 0 Å². The van der Waals surface area contributed by atoms with Gasteiger partial charge in [0.2, 0.25) is 0 Å². The van der Waals surface area contributed by atoms with Crippen LogP contribution in [0, 0.1) is 15.5 Å². The first kappa shape index (κ1) is 12.3. The molecular weight excluding hydrogens is 282 g/mol. The van der Waals surface area contributed by atoms with Crippen LogP contribution in [0.2, 0.25) is 0 Å². The van der Waals surface area contributed by atoms with Gasteiger partial charge in [0, 0.05) is 6.07 Å². The first-order chi connectivity index (χ1) is 7.86. The first-order valence-corrected chi connectivity index (χ1v) is 6.30. The lowest BCUT2D eigenvalue weighted by Gasteiger charge is -2.19. The number of nitro benzene ring substituents is 1. The molecule has 0 atom stereocenters. The van der Waals surface area contributed by atoms with Crippen LogP contribution in [0.15, 0.2) is 22.7 Å². The van der Waals surface area contributed by atoms with E-state index in [1.807, 2.05) is 13.0 Å². The van der Waals surface area contributed by atoms with Crippen LogP contribution in [-0.4, -0.2) is 4.92 Å². The standard InChI is InChI=1S/C13H14BrNO2/c1-4-10-9-6-11(14)12(15(16)17)5-8(9)7-13(10,2)3/h4-6H,7H2,1-3H3/b10-4-. The van der Waals surface area contributed by atoms with Crippen molar-refractivity contribution in [3.63, 3.8) is 0 Å². The lowest BCUT2D eigenvalue weighted by atomic mass is 9.85. The van der Waals surface area contributed by atoms with E-state index in [-0.39, 0.29) is 16.0 Å². The van der Waals surface area contributed by atoms with Crippen LogP contribution >= 0.6 is 15.9 Å². The molecule has 0 fully saturated rings. The van der Waals surface area contributed by atoms with Gasteiger partial charge in [0.1, 0.15) is 0 Å². The molecule has 0 N–H and O–H groups in total. The smallest absolute Gasteiger partial charge is 0.258 e. The van der Waals surface area contributed by atoms with Gasteiger partial charge < -0.3 is 0 Å². The van der Waals surface area contributed by atoms with Gasteiger partial charge in [0.05, 0.1) is 9.40 Å². The lowest BCUT2D eigenvalue weighted by Crippen LogP contribution is -2.08. The van der Waals surface area contributed by atoms with Crippen molar-refractivity contribution < 1.29 is 4.92 Å². The maximum absolute atomic E-state index is 10.9. The third kappa shape index (κ3) is 1.90. The van der Waals surface area contributed by atoms with Crippen LogP contribution in [-0.2, 0) is 6.42 Å². The first-order valence-electron chi connectivity index (χ1n) is 5.51. The number of rotatable bonds is 1. The van der Waals surface area contributed by atoms with Crippen LogP contribution in [0.4, 0.5) is 5.69 Å². The number of fused-ring (bicyclic) bond motifs is 1. The van der Waals surface area contributed by atoms with Crippen LogP contribution in [0.3, 0.4) is 0 Å². The Morgan fingerprint density at radius 2 is 2.12 bits per heavy atom. The second-order valence-electron chi connectivity index (χ2n) is 4.98. The molecule has 0 spiro atoms. The summed E-state index contributed by atoms with van der Waals surface area (Å²) in [5, 5.41) is 10.9. The normalized spacial score (nSPS) is 19.4. The topological polar surface area (TPSA) is 43.1 Å². The molecule has 2 rings (SSSR count). The van der Waals surface area contributed by atoms with Crippen LogP contribution < -0.4 is 0 Å². The summed E-state index contributed by atoms with van der Waals surface area (Å²) in [5.41, 5.74) is 3.68. The van der Waals surface area contributed by atoms with E-state index in [9.17, 15) is 10.1 Å². The Kier molecular flexibility index (Phi) is 2.86. The quantitative estimate of drug-likeness (QED) is 0.571. The third-order valence-corrected chi connectivity index (χ3v) is 3.94. The van der Waals surface area contributed by atoms with Crippen molar-refractivity contribution in [1.82, 2.24) is 0 Å². The van der Waals surface area contributed by atoms with Crippen LogP contribution in [0.1, 0.15) is 31.9 Å². The van der Waals surface area contributed by atoms with Crippen LogP contribution in [0.25, 0.3) is 5.57 Å². The van der Waals surface area contributed by atoms with E-state index in [1.165, 1.54) is 5.57 Å². The van der Waals surface area contributed by atoms with Crippen molar-refractivity contribution >= 4 is 27.2 Å². The number of hydrogen-bond acceptors (Lipinski definition) is 2. The SMILES string of the molecule is C/C=C1/c2cc(Br)c([N+](=O)[O-])cc2CC1(C)C. The zero-order valence-corrected chi connectivity index (χ0v) is 11.7. The summed E-state index contributed by atoms with van der Waals surface area (Å²) in [4.78, 5) is 10.6. The Labute approximate surface area is 109 Å². The van der Waals surface area contributed by atoms with E-state index in [1.54, 1.807) is 6.07 Å². The second-order valence-corrected chi connectivity index (χ2v) is 5.84. The highest BCUT2D eigenvalue weighted by molar-refractivity contribution is 9.10. The Hall–Kier alpha value is -1.16. The molecule has 1 aliphatic carbocycles. The fourth-order valence-electron chi connectivity index (χ4n) is 2.62. The highest BCUT2D eigenvalue weighted by atomic mass is 79.9. The van der Waals surface area contributed by atoms with Gasteiger partial charge in [0.25, 0.3) is 5.69 Å². The van der Waals surface area contributed by atoms with Gasteiger partial charge in [-0.05, 0) is 57.5 Å². The number of halogens is 1. The van der Waals surface area contributed by atoms with Gasteiger partial charge in [-0.3, -0.25) is 10.1 Å². The lowest BCUT2D eigenvalue weighted by molar-refractivity contribution is -0.385. The van der Waals surface area contributed by atoms with Crippen molar-refractivity contribution in [2.24, 2.45) is 5.41 Å². The molecule has 0 saturated heterocycles. The van der Waals surface area contributed by atoms with Crippen molar-refractivity contribution in [2.45, 2.75) is 27.2 Å². The molecule has 0 amide bonds. The molecular formula is C13H14BrNO2. The maximum Gasteiger partial charge on any atom is 0.283 e. The Morgan fingerprint density at radius 3 is 2.65 bits per heavy atom. The zero-order valence-electron chi connectivity index (χ0n) is 10.1. The minimum atomic E-state index is -0.342. The molecule has 0 radical (unpaired) electrons. The molecule has 0 bridgehead atoms. The average molecular weight is 296 g/mol. The molecule has 1 aliphatic rings. The predicted molar refractivity (Wildman–Crippen MR) is 71.9 cm³/mol. The van der Waals surface area contributed by atoms with E-state index in [4.69, 9.17) is 0 Å². The largest absolute Gasteiger partial charge is 0.283 e. The minimum absolute atomic E-state index is 0.0613. The molecule has 0 aromatic heterocycles. The van der Waals surface area contributed by atoms with E-state index in [0.29, 0.717) is 4.47 Å². The maximum atomic E-state index is 10.9. The third-order valence-electron chi connectivity index (χ3n) is 3.31. The van der Waals surface area contributed by atoms with Gasteiger partial charge >= 0.3 is 0 Å². The monoisotopic (exact) mass is 295 g/mol. The average Bonchev–Trinajstić information content (AvgIpc) is 2.45. The number of hydrogen-bond donors (Lipinski definition) is 0. The molecule has 17 heavy (non-hydrogen) atoms. The van der Waals surface area contributed by atoms with Gasteiger partial charge in [0.15, 0.2) is 0 Å². The molecule has 0 unspecified atom stereocenters. The minimum Gasteiger partial charge on any atom is -0.258 e. The summed E-state index contributed by atoms with van der Waals surface area (Å²) >= 11 is 3.28. The fourth-order valence-corrected chi connectivity index (χ4v) is 3.11. The van der Waals surface area contributed by atoms with Gasteiger partial charge in [-0.2, -0.15) is 0 Å². The Bertz CT molecular complexity index is 532. The fraction of sp³-hybridized carbons (Fsp3) is 0.385.